The molecule has 110 valence electrons. The van der Waals surface area contributed by atoms with Gasteiger partial charge in [0.1, 0.15) is 4.21 Å². The minimum absolute atomic E-state index is 0.242. The Labute approximate surface area is 122 Å². The molecule has 0 spiro atoms. The fourth-order valence-corrected chi connectivity index (χ4v) is 4.97. The molecule has 1 aliphatic rings. The molecule has 5 nitrogen and oxygen atoms in total. The second-order valence-electron chi connectivity index (χ2n) is 4.92. The van der Waals surface area contributed by atoms with E-state index in [4.69, 9.17) is 5.11 Å². The molecule has 2 atom stereocenters. The van der Waals surface area contributed by atoms with Gasteiger partial charge >= 0.3 is 5.97 Å². The standard InChI is InChI=1S/C13H17NO4S2/c1-8-7-12(19-9(8)2)20(17,18)14-11-6-4-3-5-10(11)13(15)16/h3-4,7,10-11,14H,5-6H2,1-2H3,(H,15,16)/t10-,11+/m0/s1. The summed E-state index contributed by atoms with van der Waals surface area (Å²) >= 11 is 1.20. The lowest BCUT2D eigenvalue weighted by Gasteiger charge is -2.25. The molecule has 0 fully saturated rings. The van der Waals surface area contributed by atoms with Crippen LogP contribution in [0.25, 0.3) is 0 Å². The molecule has 1 aromatic heterocycles. The average Bonchev–Trinajstić information content (AvgIpc) is 2.70. The van der Waals surface area contributed by atoms with Crippen LogP contribution in [0.5, 0.6) is 0 Å². The predicted molar refractivity (Wildman–Crippen MR) is 77.4 cm³/mol. The maximum atomic E-state index is 12.3. The SMILES string of the molecule is Cc1cc(S(=O)(=O)N[C@@H]2CC=CC[C@@H]2C(=O)O)sc1C. The number of hydrogen-bond acceptors (Lipinski definition) is 4. The molecule has 0 aliphatic heterocycles. The molecule has 0 saturated heterocycles. The Bertz CT molecular complexity index is 626. The van der Waals surface area contributed by atoms with Crippen molar-refractivity contribution < 1.29 is 18.3 Å². The normalized spacial score (nSPS) is 22.9. The van der Waals surface area contributed by atoms with Gasteiger partial charge in [0.05, 0.1) is 5.92 Å². The third kappa shape index (κ3) is 3.11. The summed E-state index contributed by atoms with van der Waals surface area (Å²) in [5, 5.41) is 9.16. The largest absolute Gasteiger partial charge is 0.481 e. The highest BCUT2D eigenvalue weighted by molar-refractivity contribution is 7.91. The highest BCUT2D eigenvalue weighted by Gasteiger charge is 2.32. The quantitative estimate of drug-likeness (QED) is 0.833. The Morgan fingerprint density at radius 3 is 2.55 bits per heavy atom. The molecule has 0 saturated carbocycles. The molecule has 0 bridgehead atoms. The van der Waals surface area contributed by atoms with Gasteiger partial charge in [-0.15, -0.1) is 11.3 Å². The molecule has 7 heteroatoms. The van der Waals surface area contributed by atoms with Crippen LogP contribution in [0.4, 0.5) is 0 Å². The number of hydrogen-bond donors (Lipinski definition) is 2. The molecular formula is C13H17NO4S2. The van der Waals surface area contributed by atoms with E-state index in [9.17, 15) is 13.2 Å². The van der Waals surface area contributed by atoms with Gasteiger partial charge in [0.2, 0.25) is 10.0 Å². The predicted octanol–water partition coefficient (Wildman–Crippen LogP) is 2.06. The lowest BCUT2D eigenvalue weighted by Crippen LogP contribution is -2.43. The molecule has 1 aromatic rings. The zero-order valence-electron chi connectivity index (χ0n) is 11.3. The monoisotopic (exact) mass is 315 g/mol. The van der Waals surface area contributed by atoms with E-state index in [1.807, 2.05) is 19.9 Å². The van der Waals surface area contributed by atoms with Gasteiger partial charge in [0.15, 0.2) is 0 Å². The van der Waals surface area contributed by atoms with Gasteiger partial charge in [-0.3, -0.25) is 4.79 Å². The molecule has 20 heavy (non-hydrogen) atoms. The van der Waals surface area contributed by atoms with Crippen LogP contribution in [0, 0.1) is 19.8 Å². The Hall–Kier alpha value is -1.18. The second kappa shape index (κ2) is 5.67. The molecule has 2 rings (SSSR count). The van der Waals surface area contributed by atoms with E-state index >= 15 is 0 Å². The zero-order valence-corrected chi connectivity index (χ0v) is 12.9. The van der Waals surface area contributed by atoms with Crippen molar-refractivity contribution in [2.24, 2.45) is 5.92 Å². The van der Waals surface area contributed by atoms with Gasteiger partial charge in [-0.2, -0.15) is 0 Å². The number of allylic oxidation sites excluding steroid dienone is 1. The number of thiophene rings is 1. The van der Waals surface area contributed by atoms with Crippen molar-refractivity contribution in [3.8, 4) is 0 Å². The fraction of sp³-hybridized carbons (Fsp3) is 0.462. The minimum Gasteiger partial charge on any atom is -0.481 e. The number of rotatable bonds is 4. The molecule has 0 amide bonds. The zero-order chi connectivity index (χ0) is 14.9. The molecule has 0 aromatic carbocycles. The van der Waals surface area contributed by atoms with Crippen LogP contribution in [0.15, 0.2) is 22.4 Å². The number of carboxylic acid groups (broad SMARTS) is 1. The molecule has 2 N–H and O–H groups in total. The van der Waals surface area contributed by atoms with E-state index in [2.05, 4.69) is 4.72 Å². The summed E-state index contributed by atoms with van der Waals surface area (Å²) in [5.41, 5.74) is 0.925. The lowest BCUT2D eigenvalue weighted by atomic mass is 9.90. The Balaban J connectivity index is 2.23. The summed E-state index contributed by atoms with van der Waals surface area (Å²) in [6, 6.07) is 1.03. The third-order valence-corrected chi connectivity index (χ3v) is 6.58. The number of sulfonamides is 1. The molecule has 1 heterocycles. The van der Waals surface area contributed by atoms with Crippen LogP contribution in [0.1, 0.15) is 23.3 Å². The summed E-state index contributed by atoms with van der Waals surface area (Å²) < 4.78 is 27.4. The summed E-state index contributed by atoms with van der Waals surface area (Å²) in [6.45, 7) is 3.72. The van der Waals surface area contributed by atoms with Gasteiger partial charge in [-0.05, 0) is 38.3 Å². The van der Waals surface area contributed by atoms with E-state index in [1.165, 1.54) is 11.3 Å². The van der Waals surface area contributed by atoms with Crippen molar-refractivity contribution in [1.82, 2.24) is 4.72 Å². The van der Waals surface area contributed by atoms with Crippen LogP contribution in [-0.2, 0) is 14.8 Å². The molecule has 0 unspecified atom stereocenters. The first-order chi connectivity index (χ1) is 9.31. The van der Waals surface area contributed by atoms with Crippen molar-refractivity contribution in [3.05, 3.63) is 28.7 Å². The number of nitrogens with one attached hydrogen (secondary N) is 1. The van der Waals surface area contributed by atoms with E-state index in [-0.39, 0.29) is 4.21 Å². The van der Waals surface area contributed by atoms with E-state index in [0.29, 0.717) is 12.8 Å². The van der Waals surface area contributed by atoms with E-state index in [1.54, 1.807) is 12.1 Å². The average molecular weight is 315 g/mol. The van der Waals surface area contributed by atoms with Crippen LogP contribution in [-0.4, -0.2) is 25.5 Å². The smallest absolute Gasteiger partial charge is 0.308 e. The first-order valence-electron chi connectivity index (χ1n) is 6.28. The van der Waals surface area contributed by atoms with Crippen LogP contribution in [0.3, 0.4) is 0 Å². The Morgan fingerprint density at radius 1 is 1.35 bits per heavy atom. The Morgan fingerprint density at radius 2 is 2.00 bits per heavy atom. The van der Waals surface area contributed by atoms with Crippen LogP contribution >= 0.6 is 11.3 Å². The highest BCUT2D eigenvalue weighted by atomic mass is 32.2. The molecule has 1 aliphatic carbocycles. The lowest BCUT2D eigenvalue weighted by molar-refractivity contribution is -0.142. The van der Waals surface area contributed by atoms with Gasteiger partial charge in [0.25, 0.3) is 0 Å². The highest BCUT2D eigenvalue weighted by Crippen LogP contribution is 2.27. The number of carboxylic acids is 1. The maximum Gasteiger partial charge on any atom is 0.308 e. The number of carbonyl (C=O) groups is 1. The minimum atomic E-state index is -3.66. The first-order valence-corrected chi connectivity index (χ1v) is 8.58. The third-order valence-electron chi connectivity index (χ3n) is 3.46. The van der Waals surface area contributed by atoms with Gasteiger partial charge < -0.3 is 5.11 Å². The van der Waals surface area contributed by atoms with Gasteiger partial charge in [-0.25, -0.2) is 13.1 Å². The first kappa shape index (κ1) is 15.2. The summed E-state index contributed by atoms with van der Waals surface area (Å²) in [4.78, 5) is 12.1. The second-order valence-corrected chi connectivity index (χ2v) is 8.12. The molecule has 0 radical (unpaired) electrons. The van der Waals surface area contributed by atoms with Crippen molar-refractivity contribution >= 4 is 27.3 Å². The Kier molecular flexibility index (Phi) is 4.31. The number of aryl methyl sites for hydroxylation is 2. The fourth-order valence-electron chi connectivity index (χ4n) is 2.15. The topological polar surface area (TPSA) is 83.5 Å². The van der Waals surface area contributed by atoms with Crippen LogP contribution in [0.2, 0.25) is 0 Å². The van der Waals surface area contributed by atoms with Crippen LogP contribution < -0.4 is 4.72 Å². The van der Waals surface area contributed by atoms with Crippen molar-refractivity contribution in [3.63, 3.8) is 0 Å². The summed E-state index contributed by atoms with van der Waals surface area (Å²) in [7, 11) is -3.66. The van der Waals surface area contributed by atoms with Crippen molar-refractivity contribution in [2.45, 2.75) is 36.9 Å². The maximum absolute atomic E-state index is 12.3. The van der Waals surface area contributed by atoms with E-state index < -0.39 is 28.0 Å². The van der Waals surface area contributed by atoms with Gasteiger partial charge in [0, 0.05) is 10.9 Å². The van der Waals surface area contributed by atoms with Crippen molar-refractivity contribution in [1.29, 1.82) is 0 Å². The summed E-state index contributed by atoms with van der Waals surface area (Å²) in [6.07, 6.45) is 4.35. The van der Waals surface area contributed by atoms with Gasteiger partial charge in [-0.1, -0.05) is 12.2 Å². The number of aliphatic carboxylic acids is 1. The molecular weight excluding hydrogens is 298 g/mol. The van der Waals surface area contributed by atoms with Crippen molar-refractivity contribution in [2.75, 3.05) is 0 Å². The summed E-state index contributed by atoms with van der Waals surface area (Å²) in [5.74, 6) is -1.68. The van der Waals surface area contributed by atoms with E-state index in [0.717, 1.165) is 10.4 Å².